The van der Waals surface area contributed by atoms with E-state index in [4.69, 9.17) is 4.74 Å². The molecule has 0 fully saturated rings. The van der Waals surface area contributed by atoms with Crippen LogP contribution in [0.3, 0.4) is 0 Å². The predicted octanol–water partition coefficient (Wildman–Crippen LogP) is 4.81. The van der Waals surface area contributed by atoms with Crippen LogP contribution in [0.4, 0.5) is 5.69 Å². The number of aromatic nitrogens is 1. The van der Waals surface area contributed by atoms with Crippen molar-refractivity contribution >= 4 is 51.1 Å². The van der Waals surface area contributed by atoms with Crippen molar-refractivity contribution in [3.8, 4) is 0 Å². The topological polar surface area (TPSA) is 68.3 Å². The average molecular weight is 488 g/mol. The number of benzene rings is 2. The van der Waals surface area contributed by atoms with E-state index >= 15 is 0 Å². The van der Waals surface area contributed by atoms with Gasteiger partial charge in [-0.3, -0.25) is 9.78 Å². The first-order valence-corrected chi connectivity index (χ1v) is 10.1. The molecule has 3 rings (SSSR count). The molecule has 5 nitrogen and oxygen atoms in total. The van der Waals surface area contributed by atoms with Gasteiger partial charge >= 0.3 is 5.97 Å². The number of rotatable bonds is 5. The SMILES string of the molecule is CCc1nc2ccccc2c(C(=O)OCC(=O)Nc2ccc(I)cc2C)c1C. The van der Waals surface area contributed by atoms with Gasteiger partial charge in [-0.05, 0) is 78.3 Å². The predicted molar refractivity (Wildman–Crippen MR) is 119 cm³/mol. The first-order valence-electron chi connectivity index (χ1n) is 9.02. The minimum atomic E-state index is -0.514. The van der Waals surface area contributed by atoms with E-state index in [-0.39, 0.29) is 12.5 Å². The number of aryl methyl sites for hydroxylation is 2. The number of ether oxygens (including phenoxy) is 1. The summed E-state index contributed by atoms with van der Waals surface area (Å²) in [6, 6.07) is 13.2. The molecule has 0 spiro atoms. The highest BCUT2D eigenvalue weighted by atomic mass is 127. The fourth-order valence-electron chi connectivity index (χ4n) is 3.12. The van der Waals surface area contributed by atoms with Crippen LogP contribution >= 0.6 is 22.6 Å². The van der Waals surface area contributed by atoms with Crippen molar-refractivity contribution in [3.63, 3.8) is 0 Å². The minimum Gasteiger partial charge on any atom is -0.452 e. The summed E-state index contributed by atoms with van der Waals surface area (Å²) in [6.45, 7) is 5.43. The molecule has 0 radical (unpaired) electrons. The van der Waals surface area contributed by atoms with Crippen molar-refractivity contribution in [2.45, 2.75) is 27.2 Å². The summed E-state index contributed by atoms with van der Waals surface area (Å²) in [6.07, 6.45) is 0.712. The van der Waals surface area contributed by atoms with Crippen LogP contribution < -0.4 is 5.32 Å². The highest BCUT2D eigenvalue weighted by molar-refractivity contribution is 14.1. The van der Waals surface area contributed by atoms with E-state index in [1.165, 1.54) is 0 Å². The number of hydrogen-bond donors (Lipinski definition) is 1. The third kappa shape index (κ3) is 4.32. The second-order valence-corrected chi connectivity index (χ2v) is 7.76. The second-order valence-electron chi connectivity index (χ2n) is 6.51. The summed E-state index contributed by atoms with van der Waals surface area (Å²) in [5.41, 5.74) is 4.52. The number of anilines is 1. The van der Waals surface area contributed by atoms with Crippen molar-refractivity contribution in [3.05, 3.63) is 68.4 Å². The Balaban J connectivity index is 1.78. The van der Waals surface area contributed by atoms with Crippen molar-refractivity contribution in [1.29, 1.82) is 0 Å². The molecule has 0 unspecified atom stereocenters. The lowest BCUT2D eigenvalue weighted by atomic mass is 10.0. The van der Waals surface area contributed by atoms with Gasteiger partial charge in [0.05, 0.1) is 11.1 Å². The van der Waals surface area contributed by atoms with E-state index in [1.54, 1.807) is 0 Å². The Hall–Kier alpha value is -2.48. The molecular weight excluding hydrogens is 467 g/mol. The third-order valence-corrected chi connectivity index (χ3v) is 5.24. The molecule has 144 valence electrons. The van der Waals surface area contributed by atoms with Gasteiger partial charge in [0.25, 0.3) is 5.91 Å². The van der Waals surface area contributed by atoms with Crippen molar-refractivity contribution < 1.29 is 14.3 Å². The smallest absolute Gasteiger partial charge is 0.339 e. The van der Waals surface area contributed by atoms with Gasteiger partial charge in [-0.2, -0.15) is 0 Å². The second kappa shape index (κ2) is 8.68. The zero-order valence-corrected chi connectivity index (χ0v) is 18.2. The molecule has 0 aliphatic rings. The maximum Gasteiger partial charge on any atom is 0.339 e. The van der Waals surface area contributed by atoms with Crippen molar-refractivity contribution in [2.24, 2.45) is 0 Å². The van der Waals surface area contributed by atoms with Crippen LogP contribution in [0.15, 0.2) is 42.5 Å². The number of esters is 1. The molecule has 0 aliphatic carbocycles. The normalized spacial score (nSPS) is 10.7. The zero-order valence-electron chi connectivity index (χ0n) is 16.0. The summed E-state index contributed by atoms with van der Waals surface area (Å²) >= 11 is 2.22. The number of halogens is 1. The minimum absolute atomic E-state index is 0.345. The molecule has 0 aliphatic heterocycles. The van der Waals surface area contributed by atoms with Crippen LogP contribution in [0.2, 0.25) is 0 Å². The number of carbonyl (C=O) groups is 2. The lowest BCUT2D eigenvalue weighted by Gasteiger charge is -2.13. The monoisotopic (exact) mass is 488 g/mol. The van der Waals surface area contributed by atoms with Gasteiger partial charge < -0.3 is 10.1 Å². The number of pyridine rings is 1. The summed E-state index contributed by atoms with van der Waals surface area (Å²) in [7, 11) is 0. The summed E-state index contributed by atoms with van der Waals surface area (Å²) in [5, 5.41) is 3.52. The van der Waals surface area contributed by atoms with Crippen LogP contribution in [0.1, 0.15) is 34.1 Å². The van der Waals surface area contributed by atoms with Crippen LogP contribution in [-0.2, 0) is 16.0 Å². The quantitative estimate of drug-likeness (QED) is 0.414. The summed E-state index contributed by atoms with van der Waals surface area (Å²) in [5.74, 6) is -0.885. The Labute approximate surface area is 177 Å². The Bertz CT molecular complexity index is 1060. The fourth-order valence-corrected chi connectivity index (χ4v) is 3.77. The van der Waals surface area contributed by atoms with Gasteiger partial charge in [0.15, 0.2) is 6.61 Å². The molecule has 1 aromatic heterocycles. The molecule has 1 N–H and O–H groups in total. The van der Waals surface area contributed by atoms with E-state index in [0.717, 1.165) is 31.3 Å². The third-order valence-electron chi connectivity index (χ3n) is 4.57. The van der Waals surface area contributed by atoms with Crippen molar-refractivity contribution in [2.75, 3.05) is 11.9 Å². The van der Waals surface area contributed by atoms with Gasteiger partial charge in [0.1, 0.15) is 0 Å². The molecule has 3 aromatic rings. The van der Waals surface area contributed by atoms with Crippen LogP contribution in [0.5, 0.6) is 0 Å². The van der Waals surface area contributed by atoms with Crippen LogP contribution in [0, 0.1) is 17.4 Å². The van der Waals surface area contributed by atoms with E-state index < -0.39 is 5.97 Å². The molecule has 0 atom stereocenters. The number of para-hydroxylation sites is 1. The maximum atomic E-state index is 12.8. The largest absolute Gasteiger partial charge is 0.452 e. The standard InChI is InChI=1S/C22H21IN2O3/c1-4-17-14(3)21(16-7-5-6-8-19(16)24-17)22(27)28-12-20(26)25-18-10-9-15(23)11-13(18)2/h5-11H,4,12H2,1-3H3,(H,25,26). The van der Waals surface area contributed by atoms with Gasteiger partial charge in [0.2, 0.25) is 0 Å². The lowest BCUT2D eigenvalue weighted by molar-refractivity contribution is -0.119. The van der Waals surface area contributed by atoms with E-state index in [0.29, 0.717) is 17.7 Å². The molecule has 2 aromatic carbocycles. The van der Waals surface area contributed by atoms with E-state index in [1.807, 2.05) is 63.2 Å². The highest BCUT2D eigenvalue weighted by Crippen LogP contribution is 2.24. The van der Waals surface area contributed by atoms with Gasteiger partial charge in [-0.15, -0.1) is 0 Å². The number of fused-ring (bicyclic) bond motifs is 1. The van der Waals surface area contributed by atoms with Gasteiger partial charge in [-0.25, -0.2) is 4.79 Å². The maximum absolute atomic E-state index is 12.8. The van der Waals surface area contributed by atoms with Crippen LogP contribution in [0.25, 0.3) is 10.9 Å². The first kappa shape index (κ1) is 20.3. The molecule has 6 heteroatoms. The number of carbonyl (C=O) groups excluding carboxylic acids is 2. The van der Waals surface area contributed by atoms with Gasteiger partial charge in [-0.1, -0.05) is 25.1 Å². The Morgan fingerprint density at radius 2 is 1.89 bits per heavy atom. The summed E-state index contributed by atoms with van der Waals surface area (Å²) < 4.78 is 6.42. The Morgan fingerprint density at radius 1 is 1.14 bits per heavy atom. The number of hydrogen-bond acceptors (Lipinski definition) is 4. The Kier molecular flexibility index (Phi) is 6.28. The first-order chi connectivity index (χ1) is 13.4. The number of nitrogens with zero attached hydrogens (tertiary/aromatic N) is 1. The molecule has 0 saturated carbocycles. The van der Waals surface area contributed by atoms with Crippen molar-refractivity contribution in [1.82, 2.24) is 4.98 Å². The average Bonchev–Trinajstić information content (AvgIpc) is 2.68. The van der Waals surface area contributed by atoms with E-state index in [2.05, 4.69) is 32.9 Å². The van der Waals surface area contributed by atoms with Crippen LogP contribution in [-0.4, -0.2) is 23.5 Å². The lowest BCUT2D eigenvalue weighted by Crippen LogP contribution is -2.22. The van der Waals surface area contributed by atoms with Gasteiger partial charge in [0, 0.05) is 20.3 Å². The Morgan fingerprint density at radius 3 is 2.61 bits per heavy atom. The molecule has 1 heterocycles. The number of amides is 1. The highest BCUT2D eigenvalue weighted by Gasteiger charge is 2.19. The molecule has 28 heavy (non-hydrogen) atoms. The molecule has 0 bridgehead atoms. The zero-order chi connectivity index (χ0) is 20.3. The molecular formula is C22H21IN2O3. The van der Waals surface area contributed by atoms with E-state index in [9.17, 15) is 9.59 Å². The molecule has 0 saturated heterocycles. The fraction of sp³-hybridized carbons (Fsp3) is 0.227. The summed E-state index contributed by atoms with van der Waals surface area (Å²) in [4.78, 5) is 29.7. The number of nitrogens with one attached hydrogen (secondary N) is 1. The molecule has 1 amide bonds.